The lowest BCUT2D eigenvalue weighted by Crippen LogP contribution is -2.31. The summed E-state index contributed by atoms with van der Waals surface area (Å²) in [6, 6.07) is 0. The summed E-state index contributed by atoms with van der Waals surface area (Å²) in [5.41, 5.74) is 1.13. The van der Waals surface area contributed by atoms with Gasteiger partial charge in [-0.1, -0.05) is 24.3 Å². The van der Waals surface area contributed by atoms with Gasteiger partial charge in [0.05, 0.1) is 6.10 Å². The molecule has 1 atom stereocenters. The monoisotopic (exact) mass is 250 g/mol. The lowest BCUT2D eigenvalue weighted by Gasteiger charge is -2.21. The van der Waals surface area contributed by atoms with Gasteiger partial charge in [-0.2, -0.15) is 0 Å². The summed E-state index contributed by atoms with van der Waals surface area (Å²) in [5.74, 6) is 0.102. The van der Waals surface area contributed by atoms with Gasteiger partial charge in [0.2, 0.25) is 8.32 Å². The maximum Gasteiger partial charge on any atom is 0.218 e. The molecule has 1 aliphatic heterocycles. The summed E-state index contributed by atoms with van der Waals surface area (Å²) in [6.07, 6.45) is 7.79. The van der Waals surface area contributed by atoms with Crippen LogP contribution in [0.15, 0.2) is 35.6 Å². The molecule has 0 saturated heterocycles. The van der Waals surface area contributed by atoms with E-state index in [9.17, 15) is 4.79 Å². The number of allylic oxidation sites excluding steroid dienone is 4. The van der Waals surface area contributed by atoms with Crippen molar-refractivity contribution in [1.82, 2.24) is 0 Å². The Labute approximate surface area is 105 Å². The third-order valence-electron chi connectivity index (χ3n) is 2.88. The van der Waals surface area contributed by atoms with Crippen molar-refractivity contribution in [3.8, 4) is 0 Å². The second-order valence-electron chi connectivity index (χ2n) is 5.12. The predicted molar refractivity (Wildman–Crippen MR) is 74.3 cm³/mol. The third kappa shape index (κ3) is 4.09. The van der Waals surface area contributed by atoms with E-state index in [2.05, 4.69) is 25.7 Å². The molecule has 0 bridgehead atoms. The van der Waals surface area contributed by atoms with E-state index in [4.69, 9.17) is 4.43 Å². The van der Waals surface area contributed by atoms with Gasteiger partial charge in [0.15, 0.2) is 5.78 Å². The van der Waals surface area contributed by atoms with E-state index >= 15 is 0 Å². The van der Waals surface area contributed by atoms with Crippen molar-refractivity contribution < 1.29 is 9.22 Å². The van der Waals surface area contributed by atoms with Gasteiger partial charge in [0.25, 0.3) is 0 Å². The topological polar surface area (TPSA) is 26.3 Å². The van der Waals surface area contributed by atoms with Crippen LogP contribution in [0.5, 0.6) is 0 Å². The average molecular weight is 250 g/mol. The SMILES string of the molecule is C=C(C)C1=CC(CC/C=C/C(C)=O)O[Si]1(C)C. The number of rotatable bonds is 5. The Morgan fingerprint density at radius 3 is 2.65 bits per heavy atom. The van der Waals surface area contributed by atoms with Crippen LogP contribution in [-0.4, -0.2) is 20.2 Å². The van der Waals surface area contributed by atoms with E-state index < -0.39 is 8.32 Å². The maximum atomic E-state index is 10.7. The van der Waals surface area contributed by atoms with Gasteiger partial charge in [0, 0.05) is 0 Å². The smallest absolute Gasteiger partial charge is 0.218 e. The average Bonchev–Trinajstić information content (AvgIpc) is 2.48. The van der Waals surface area contributed by atoms with Crippen LogP contribution in [0.25, 0.3) is 0 Å². The van der Waals surface area contributed by atoms with Crippen molar-refractivity contribution in [2.24, 2.45) is 0 Å². The van der Waals surface area contributed by atoms with Crippen molar-refractivity contribution in [3.63, 3.8) is 0 Å². The minimum Gasteiger partial charge on any atom is -0.407 e. The summed E-state index contributed by atoms with van der Waals surface area (Å²) < 4.78 is 6.10. The lowest BCUT2D eigenvalue weighted by molar-refractivity contribution is -0.112. The van der Waals surface area contributed by atoms with Crippen molar-refractivity contribution in [2.75, 3.05) is 0 Å². The van der Waals surface area contributed by atoms with Gasteiger partial charge in [0.1, 0.15) is 0 Å². The number of hydrogen-bond donors (Lipinski definition) is 0. The van der Waals surface area contributed by atoms with Crippen LogP contribution >= 0.6 is 0 Å². The van der Waals surface area contributed by atoms with Crippen molar-refractivity contribution in [3.05, 3.63) is 35.6 Å². The summed E-state index contributed by atoms with van der Waals surface area (Å²) in [7, 11) is -1.71. The van der Waals surface area contributed by atoms with Gasteiger partial charge >= 0.3 is 0 Å². The van der Waals surface area contributed by atoms with E-state index in [1.807, 2.05) is 13.0 Å². The highest BCUT2D eigenvalue weighted by Crippen LogP contribution is 2.32. The fourth-order valence-corrected chi connectivity index (χ4v) is 4.86. The Bertz CT molecular complexity index is 378. The van der Waals surface area contributed by atoms with Crippen molar-refractivity contribution in [2.45, 2.75) is 45.9 Å². The molecular weight excluding hydrogens is 228 g/mol. The number of carbonyl (C=O) groups is 1. The van der Waals surface area contributed by atoms with Crippen LogP contribution in [-0.2, 0) is 9.22 Å². The molecule has 1 rings (SSSR count). The van der Waals surface area contributed by atoms with Crippen molar-refractivity contribution in [1.29, 1.82) is 0 Å². The van der Waals surface area contributed by atoms with Gasteiger partial charge in [-0.15, -0.1) is 0 Å². The summed E-state index contributed by atoms with van der Waals surface area (Å²) in [4.78, 5) is 10.7. The first-order valence-electron chi connectivity index (χ1n) is 6.06. The summed E-state index contributed by atoms with van der Waals surface area (Å²) in [5, 5.41) is 1.33. The molecule has 2 nitrogen and oxygen atoms in total. The van der Waals surface area contributed by atoms with E-state index in [1.54, 1.807) is 13.0 Å². The molecule has 0 spiro atoms. The zero-order valence-corrected chi connectivity index (χ0v) is 12.2. The normalized spacial score (nSPS) is 22.8. The summed E-state index contributed by atoms with van der Waals surface area (Å²) >= 11 is 0. The molecule has 0 aliphatic carbocycles. The van der Waals surface area contributed by atoms with Crippen LogP contribution in [0.4, 0.5) is 0 Å². The molecule has 0 aromatic heterocycles. The Balaban J connectivity index is 2.54. The number of hydrogen-bond acceptors (Lipinski definition) is 2. The minimum absolute atomic E-state index is 0.102. The molecule has 0 N–H and O–H groups in total. The van der Waals surface area contributed by atoms with Gasteiger partial charge in [-0.3, -0.25) is 4.79 Å². The molecular formula is C14H22O2Si. The molecule has 0 aromatic carbocycles. The fourth-order valence-electron chi connectivity index (χ4n) is 2.17. The van der Waals surface area contributed by atoms with Gasteiger partial charge in [-0.25, -0.2) is 0 Å². The molecule has 3 heteroatoms. The number of carbonyl (C=O) groups excluding carboxylic acids is 1. The molecule has 0 saturated carbocycles. The van der Waals surface area contributed by atoms with Gasteiger partial charge in [-0.05, 0) is 51.1 Å². The van der Waals surface area contributed by atoms with Crippen LogP contribution in [0.3, 0.4) is 0 Å². The molecule has 94 valence electrons. The highest BCUT2D eigenvalue weighted by atomic mass is 28.4. The second kappa shape index (κ2) is 5.60. The molecule has 0 fully saturated rings. The lowest BCUT2D eigenvalue weighted by atomic mass is 10.1. The van der Waals surface area contributed by atoms with E-state index in [0.717, 1.165) is 18.4 Å². The number of ketones is 1. The van der Waals surface area contributed by atoms with E-state index in [1.165, 1.54) is 5.20 Å². The second-order valence-corrected chi connectivity index (χ2v) is 8.91. The Morgan fingerprint density at radius 2 is 2.18 bits per heavy atom. The molecule has 17 heavy (non-hydrogen) atoms. The zero-order chi connectivity index (χ0) is 13.1. The molecule has 1 aliphatic rings. The molecule has 0 aromatic rings. The van der Waals surface area contributed by atoms with Crippen LogP contribution in [0.2, 0.25) is 13.1 Å². The Morgan fingerprint density at radius 1 is 1.53 bits per heavy atom. The van der Waals surface area contributed by atoms with Crippen LogP contribution < -0.4 is 0 Å². The fraction of sp³-hybridized carbons (Fsp3) is 0.500. The first kappa shape index (κ1) is 14.1. The van der Waals surface area contributed by atoms with Crippen molar-refractivity contribution >= 4 is 14.1 Å². The van der Waals surface area contributed by atoms with Crippen LogP contribution in [0.1, 0.15) is 26.7 Å². The first-order valence-corrected chi connectivity index (χ1v) is 8.97. The largest absolute Gasteiger partial charge is 0.407 e. The van der Waals surface area contributed by atoms with E-state index in [0.29, 0.717) is 0 Å². The maximum absolute atomic E-state index is 10.7. The minimum atomic E-state index is -1.71. The Hall–Kier alpha value is -0.933. The standard InChI is InChI=1S/C14H22O2Si/c1-11(2)14-10-13(16-17(14,4)5)9-7-6-8-12(3)15/h6,8,10,13H,1,7,9H2,2-5H3/b8-6+. The quantitative estimate of drug-likeness (QED) is 0.551. The predicted octanol–water partition coefficient (Wildman–Crippen LogP) is 3.56. The van der Waals surface area contributed by atoms with Gasteiger partial charge < -0.3 is 4.43 Å². The summed E-state index contributed by atoms with van der Waals surface area (Å²) in [6.45, 7) is 12.0. The molecule has 1 unspecified atom stereocenters. The van der Waals surface area contributed by atoms with E-state index in [-0.39, 0.29) is 11.9 Å². The van der Waals surface area contributed by atoms with Crippen LogP contribution in [0, 0.1) is 0 Å². The highest BCUT2D eigenvalue weighted by molar-refractivity contribution is 6.80. The molecule has 0 radical (unpaired) electrons. The highest BCUT2D eigenvalue weighted by Gasteiger charge is 2.36. The zero-order valence-electron chi connectivity index (χ0n) is 11.2. The third-order valence-corrected chi connectivity index (χ3v) is 5.66. The first-order chi connectivity index (χ1) is 7.83. The Kier molecular flexibility index (Phi) is 4.66. The molecule has 1 heterocycles. The molecule has 0 amide bonds.